The molecule has 2 N–H and O–H groups in total. The van der Waals surface area contributed by atoms with Crippen LogP contribution in [0.4, 0.5) is 5.95 Å². The Morgan fingerprint density at radius 3 is 2.70 bits per heavy atom. The Bertz CT molecular complexity index is 738. The second kappa shape index (κ2) is 7.48. The molecule has 1 aromatic carbocycles. The minimum atomic E-state index is -0.522. The maximum absolute atomic E-state index is 12.1. The first-order valence-electron chi connectivity index (χ1n) is 6.80. The van der Waals surface area contributed by atoms with E-state index in [1.165, 1.54) is 0 Å². The summed E-state index contributed by atoms with van der Waals surface area (Å²) in [5, 5.41) is 0.852. The molecule has 0 amide bonds. The molecule has 0 saturated heterocycles. The number of hydrogen-bond acceptors (Lipinski definition) is 6. The predicted molar refractivity (Wildman–Crippen MR) is 87.9 cm³/mol. The summed E-state index contributed by atoms with van der Waals surface area (Å²) < 4.78 is 10.6. The Kier molecular flexibility index (Phi) is 5.63. The van der Waals surface area contributed by atoms with Crippen LogP contribution >= 0.6 is 23.2 Å². The molecule has 122 valence electrons. The first-order valence-corrected chi connectivity index (χ1v) is 7.56. The van der Waals surface area contributed by atoms with Crippen molar-refractivity contribution in [2.24, 2.45) is 0 Å². The molecule has 8 heteroatoms. The molecule has 2 aromatic rings. The van der Waals surface area contributed by atoms with Crippen LogP contribution < -0.4 is 10.5 Å². The van der Waals surface area contributed by atoms with Crippen molar-refractivity contribution in [2.45, 2.75) is 20.5 Å². The molecule has 0 unspecified atom stereocenters. The number of aryl methyl sites for hydroxylation is 1. The number of carbonyl (C=O) groups excluding carboxylic acids is 1. The Labute approximate surface area is 143 Å². The van der Waals surface area contributed by atoms with E-state index in [1.807, 2.05) is 0 Å². The van der Waals surface area contributed by atoms with Gasteiger partial charge in [0.25, 0.3) is 0 Å². The lowest BCUT2D eigenvalue weighted by atomic mass is 10.1. The van der Waals surface area contributed by atoms with Gasteiger partial charge in [-0.25, -0.2) is 14.8 Å². The standard InChI is InChI=1S/C15H15Cl2N3O3/c1-3-22-14(21)13-8(2)19-15(18)20-11(13)7-23-12-5-4-9(16)6-10(12)17/h4-6H,3,7H2,1-2H3,(H2,18,19,20). The fourth-order valence-electron chi connectivity index (χ4n) is 1.97. The van der Waals surface area contributed by atoms with Gasteiger partial charge in [-0.1, -0.05) is 23.2 Å². The summed E-state index contributed by atoms with van der Waals surface area (Å²) >= 11 is 11.9. The number of nitrogen functional groups attached to an aromatic ring is 1. The van der Waals surface area contributed by atoms with Crippen molar-refractivity contribution in [1.82, 2.24) is 9.97 Å². The Morgan fingerprint density at radius 2 is 2.04 bits per heavy atom. The van der Waals surface area contributed by atoms with Gasteiger partial charge in [-0.05, 0) is 32.0 Å². The first kappa shape index (κ1) is 17.3. The van der Waals surface area contributed by atoms with Crippen molar-refractivity contribution in [3.8, 4) is 5.75 Å². The van der Waals surface area contributed by atoms with Crippen LogP contribution in [0, 0.1) is 6.92 Å². The van der Waals surface area contributed by atoms with Crippen molar-refractivity contribution in [3.05, 3.63) is 45.2 Å². The molecule has 0 atom stereocenters. The average molecular weight is 356 g/mol. The van der Waals surface area contributed by atoms with Gasteiger partial charge < -0.3 is 15.2 Å². The quantitative estimate of drug-likeness (QED) is 0.826. The van der Waals surface area contributed by atoms with Crippen molar-refractivity contribution < 1.29 is 14.3 Å². The minimum Gasteiger partial charge on any atom is -0.486 e. The third-order valence-corrected chi connectivity index (χ3v) is 3.45. The van der Waals surface area contributed by atoms with E-state index in [4.69, 9.17) is 38.4 Å². The molecule has 0 bridgehead atoms. The molecule has 0 aliphatic heterocycles. The largest absolute Gasteiger partial charge is 0.486 e. The third kappa shape index (κ3) is 4.24. The van der Waals surface area contributed by atoms with E-state index in [-0.39, 0.29) is 24.7 Å². The van der Waals surface area contributed by atoms with Gasteiger partial charge in [0.15, 0.2) is 0 Å². The number of benzene rings is 1. The van der Waals surface area contributed by atoms with Gasteiger partial charge in [-0.15, -0.1) is 0 Å². The molecular weight excluding hydrogens is 341 g/mol. The van der Waals surface area contributed by atoms with Crippen molar-refractivity contribution in [2.75, 3.05) is 12.3 Å². The summed E-state index contributed by atoms with van der Waals surface area (Å²) in [5.41, 5.74) is 6.65. The minimum absolute atomic E-state index is 0.0109. The molecule has 1 heterocycles. The van der Waals surface area contributed by atoms with E-state index in [1.54, 1.807) is 32.0 Å². The van der Waals surface area contributed by atoms with Crippen LogP contribution in [0.2, 0.25) is 10.0 Å². The zero-order valence-electron chi connectivity index (χ0n) is 12.6. The summed E-state index contributed by atoms with van der Waals surface area (Å²) in [6, 6.07) is 4.84. The monoisotopic (exact) mass is 355 g/mol. The molecule has 0 radical (unpaired) electrons. The van der Waals surface area contributed by atoms with E-state index in [0.717, 1.165) is 0 Å². The van der Waals surface area contributed by atoms with E-state index < -0.39 is 5.97 Å². The van der Waals surface area contributed by atoms with Crippen LogP contribution in [0.1, 0.15) is 28.7 Å². The highest BCUT2D eigenvalue weighted by molar-refractivity contribution is 6.35. The highest BCUT2D eigenvalue weighted by Crippen LogP contribution is 2.28. The maximum Gasteiger partial charge on any atom is 0.341 e. The second-order valence-electron chi connectivity index (χ2n) is 4.57. The first-order chi connectivity index (χ1) is 10.9. The van der Waals surface area contributed by atoms with Crippen molar-refractivity contribution in [3.63, 3.8) is 0 Å². The van der Waals surface area contributed by atoms with Crippen LogP contribution in [-0.4, -0.2) is 22.5 Å². The average Bonchev–Trinajstić information content (AvgIpc) is 2.45. The molecule has 1 aromatic heterocycles. The molecule has 2 rings (SSSR count). The number of esters is 1. The van der Waals surface area contributed by atoms with Crippen LogP contribution in [0.3, 0.4) is 0 Å². The lowest BCUT2D eigenvalue weighted by Gasteiger charge is -2.13. The molecular formula is C15H15Cl2N3O3. The SMILES string of the molecule is CCOC(=O)c1c(C)nc(N)nc1COc1ccc(Cl)cc1Cl. The zero-order chi connectivity index (χ0) is 17.0. The number of rotatable bonds is 5. The van der Waals surface area contributed by atoms with Gasteiger partial charge >= 0.3 is 5.97 Å². The van der Waals surface area contributed by atoms with Crippen LogP contribution in [0.25, 0.3) is 0 Å². The van der Waals surface area contributed by atoms with Gasteiger partial charge in [-0.3, -0.25) is 0 Å². The predicted octanol–water partition coefficient (Wildman–Crippen LogP) is 3.43. The van der Waals surface area contributed by atoms with Crippen molar-refractivity contribution >= 4 is 35.1 Å². The Balaban J connectivity index is 2.29. The highest BCUT2D eigenvalue weighted by atomic mass is 35.5. The molecule has 0 aliphatic rings. The van der Waals surface area contributed by atoms with Gasteiger partial charge in [0.05, 0.1) is 23.0 Å². The summed E-state index contributed by atoms with van der Waals surface area (Å²) in [4.78, 5) is 20.1. The molecule has 23 heavy (non-hydrogen) atoms. The molecule has 0 saturated carbocycles. The van der Waals surface area contributed by atoms with Crippen LogP contribution in [-0.2, 0) is 11.3 Å². The topological polar surface area (TPSA) is 87.3 Å². The fraction of sp³-hybridized carbons (Fsp3) is 0.267. The van der Waals surface area contributed by atoms with E-state index >= 15 is 0 Å². The van der Waals surface area contributed by atoms with Crippen LogP contribution in [0.15, 0.2) is 18.2 Å². The van der Waals surface area contributed by atoms with Gasteiger partial charge in [0, 0.05) is 5.02 Å². The summed E-state index contributed by atoms with van der Waals surface area (Å²) in [7, 11) is 0. The summed E-state index contributed by atoms with van der Waals surface area (Å²) in [6.45, 7) is 3.60. The number of carbonyl (C=O) groups is 1. The molecule has 0 aliphatic carbocycles. The van der Waals surface area contributed by atoms with Gasteiger partial charge in [0.2, 0.25) is 5.95 Å². The Hall–Kier alpha value is -2.05. The molecule has 0 fully saturated rings. The number of hydrogen-bond donors (Lipinski definition) is 1. The fourth-order valence-corrected chi connectivity index (χ4v) is 2.43. The number of nitrogens with zero attached hydrogens (tertiary/aromatic N) is 2. The lowest BCUT2D eigenvalue weighted by molar-refractivity contribution is 0.0521. The molecule has 0 spiro atoms. The second-order valence-corrected chi connectivity index (χ2v) is 5.42. The summed E-state index contributed by atoms with van der Waals surface area (Å²) in [6.07, 6.45) is 0. The Morgan fingerprint density at radius 1 is 1.30 bits per heavy atom. The number of aromatic nitrogens is 2. The maximum atomic E-state index is 12.1. The number of halogens is 2. The number of ether oxygens (including phenoxy) is 2. The van der Waals surface area contributed by atoms with E-state index in [0.29, 0.717) is 27.2 Å². The summed E-state index contributed by atoms with van der Waals surface area (Å²) in [5.74, 6) is -0.0529. The van der Waals surface area contributed by atoms with Crippen molar-refractivity contribution in [1.29, 1.82) is 0 Å². The van der Waals surface area contributed by atoms with E-state index in [9.17, 15) is 4.79 Å². The smallest absolute Gasteiger partial charge is 0.341 e. The normalized spacial score (nSPS) is 10.4. The highest BCUT2D eigenvalue weighted by Gasteiger charge is 2.20. The van der Waals surface area contributed by atoms with E-state index in [2.05, 4.69) is 9.97 Å². The van der Waals surface area contributed by atoms with Gasteiger partial charge in [0.1, 0.15) is 17.9 Å². The number of nitrogens with two attached hydrogens (primary N) is 1. The third-order valence-electron chi connectivity index (χ3n) is 2.92. The molecule has 6 nitrogen and oxygen atoms in total. The lowest BCUT2D eigenvalue weighted by Crippen LogP contribution is -2.16. The van der Waals surface area contributed by atoms with Gasteiger partial charge in [-0.2, -0.15) is 0 Å². The zero-order valence-corrected chi connectivity index (χ0v) is 14.1. The van der Waals surface area contributed by atoms with Crippen LogP contribution in [0.5, 0.6) is 5.75 Å². The number of anilines is 1.